The second-order valence-corrected chi connectivity index (χ2v) is 5.34. The Hall–Kier alpha value is -0.570. The minimum Gasteiger partial charge on any atom is -0.480 e. The molecule has 0 aromatic carbocycles. The van der Waals surface area contributed by atoms with Crippen LogP contribution in [-0.4, -0.2) is 34.6 Å². The average Bonchev–Trinajstić information content (AvgIpc) is 2.32. The van der Waals surface area contributed by atoms with Crippen LogP contribution in [0.1, 0.15) is 40.5 Å². The van der Waals surface area contributed by atoms with Crippen LogP contribution in [0.15, 0.2) is 0 Å². The van der Waals surface area contributed by atoms with Crippen molar-refractivity contribution in [1.82, 2.24) is 4.90 Å². The number of likely N-dealkylation sites (tertiary alicyclic amines) is 1. The van der Waals surface area contributed by atoms with Gasteiger partial charge in [0, 0.05) is 6.04 Å². The van der Waals surface area contributed by atoms with E-state index in [1.165, 1.54) is 0 Å². The highest BCUT2D eigenvalue weighted by atomic mass is 16.4. The lowest BCUT2D eigenvalue weighted by Gasteiger charge is -2.37. The number of nitrogens with zero attached hydrogens (tertiary/aromatic N) is 1. The lowest BCUT2D eigenvalue weighted by molar-refractivity contribution is -0.148. The average molecular weight is 199 g/mol. The van der Waals surface area contributed by atoms with Gasteiger partial charge in [0.2, 0.25) is 0 Å². The second-order valence-electron chi connectivity index (χ2n) is 5.34. The Balaban J connectivity index is 2.83. The van der Waals surface area contributed by atoms with Crippen molar-refractivity contribution in [3.63, 3.8) is 0 Å². The fourth-order valence-corrected chi connectivity index (χ4v) is 2.35. The summed E-state index contributed by atoms with van der Waals surface area (Å²) in [5, 5.41) is 9.25. The van der Waals surface area contributed by atoms with Crippen LogP contribution in [0.5, 0.6) is 0 Å². The smallest absolute Gasteiger partial charge is 0.321 e. The first-order valence-corrected chi connectivity index (χ1v) is 5.32. The van der Waals surface area contributed by atoms with E-state index < -0.39 is 5.97 Å². The maximum Gasteiger partial charge on any atom is 0.321 e. The van der Waals surface area contributed by atoms with E-state index in [1.807, 2.05) is 20.8 Å². The molecule has 1 saturated heterocycles. The van der Waals surface area contributed by atoms with Gasteiger partial charge in [0.1, 0.15) is 6.04 Å². The van der Waals surface area contributed by atoms with Gasteiger partial charge in [-0.15, -0.1) is 0 Å². The van der Waals surface area contributed by atoms with Gasteiger partial charge in [-0.3, -0.25) is 9.69 Å². The summed E-state index contributed by atoms with van der Waals surface area (Å²) < 4.78 is 0. The first kappa shape index (κ1) is 11.5. The van der Waals surface area contributed by atoms with E-state index in [2.05, 4.69) is 11.8 Å². The molecule has 0 aliphatic carbocycles. The molecule has 3 heteroatoms. The monoisotopic (exact) mass is 199 g/mol. The van der Waals surface area contributed by atoms with Crippen molar-refractivity contribution >= 4 is 5.97 Å². The Bertz CT molecular complexity index is 220. The van der Waals surface area contributed by atoms with Crippen LogP contribution in [0.3, 0.4) is 0 Å². The van der Waals surface area contributed by atoms with Gasteiger partial charge in [0.25, 0.3) is 0 Å². The number of aliphatic carboxylic acids is 1. The summed E-state index contributed by atoms with van der Waals surface area (Å²) >= 11 is 0. The summed E-state index contributed by atoms with van der Waals surface area (Å²) in [6, 6.07) is 0.0651. The fraction of sp³-hybridized carbons (Fsp3) is 0.909. The van der Waals surface area contributed by atoms with Crippen molar-refractivity contribution < 1.29 is 9.90 Å². The Labute approximate surface area is 86.1 Å². The fourth-order valence-electron chi connectivity index (χ4n) is 2.35. The molecule has 82 valence electrons. The summed E-state index contributed by atoms with van der Waals surface area (Å²) in [6.45, 7) is 9.04. The molecule has 2 atom stereocenters. The highest BCUT2D eigenvalue weighted by molar-refractivity contribution is 5.74. The third-order valence-electron chi connectivity index (χ3n) is 2.99. The number of carboxylic acid groups (broad SMARTS) is 1. The van der Waals surface area contributed by atoms with Crippen LogP contribution in [0.2, 0.25) is 0 Å². The quantitative estimate of drug-likeness (QED) is 0.739. The molecule has 0 bridgehead atoms. The van der Waals surface area contributed by atoms with Gasteiger partial charge in [-0.2, -0.15) is 0 Å². The van der Waals surface area contributed by atoms with Gasteiger partial charge in [-0.25, -0.2) is 0 Å². The summed E-state index contributed by atoms with van der Waals surface area (Å²) in [5.74, 6) is -0.689. The van der Waals surface area contributed by atoms with Gasteiger partial charge < -0.3 is 5.11 Å². The molecular formula is C11H21NO2. The summed E-state index contributed by atoms with van der Waals surface area (Å²) in [7, 11) is 0. The van der Waals surface area contributed by atoms with Gasteiger partial charge in [0.15, 0.2) is 0 Å². The first-order valence-electron chi connectivity index (χ1n) is 5.32. The Morgan fingerprint density at radius 3 is 2.36 bits per heavy atom. The molecule has 0 radical (unpaired) electrons. The molecule has 0 aromatic heterocycles. The molecule has 1 aliphatic rings. The number of hydrogen-bond donors (Lipinski definition) is 1. The van der Waals surface area contributed by atoms with Crippen molar-refractivity contribution in [2.24, 2.45) is 5.41 Å². The topological polar surface area (TPSA) is 40.5 Å². The van der Waals surface area contributed by atoms with E-state index in [4.69, 9.17) is 0 Å². The molecule has 3 nitrogen and oxygen atoms in total. The third kappa shape index (κ3) is 2.27. The first-order chi connectivity index (χ1) is 6.34. The minimum absolute atomic E-state index is 0.190. The standard InChI is InChI=1S/C11H21NO2/c1-8-6-5-7-12(8)9(10(13)14)11(2,3)4/h8-9H,5-7H2,1-4H3,(H,13,14). The molecule has 0 amide bonds. The molecule has 1 N–H and O–H groups in total. The van der Waals surface area contributed by atoms with Crippen molar-refractivity contribution in [2.45, 2.75) is 52.6 Å². The minimum atomic E-state index is -0.689. The summed E-state index contributed by atoms with van der Waals surface area (Å²) in [4.78, 5) is 13.4. The van der Waals surface area contributed by atoms with Crippen LogP contribution < -0.4 is 0 Å². The molecule has 1 fully saturated rings. The lowest BCUT2D eigenvalue weighted by Crippen LogP contribution is -2.50. The lowest BCUT2D eigenvalue weighted by atomic mass is 9.85. The van der Waals surface area contributed by atoms with E-state index >= 15 is 0 Å². The van der Waals surface area contributed by atoms with Crippen LogP contribution in [0.25, 0.3) is 0 Å². The maximum absolute atomic E-state index is 11.2. The molecule has 1 heterocycles. The van der Waals surface area contributed by atoms with Crippen molar-refractivity contribution in [3.05, 3.63) is 0 Å². The van der Waals surface area contributed by atoms with Gasteiger partial charge >= 0.3 is 5.97 Å². The largest absolute Gasteiger partial charge is 0.480 e. The molecule has 0 saturated carbocycles. The number of hydrogen-bond acceptors (Lipinski definition) is 2. The Morgan fingerprint density at radius 2 is 2.07 bits per heavy atom. The predicted molar refractivity (Wildman–Crippen MR) is 56.3 cm³/mol. The summed E-state index contributed by atoms with van der Waals surface area (Å²) in [6.07, 6.45) is 2.25. The normalized spacial score (nSPS) is 26.4. The van der Waals surface area contributed by atoms with Crippen molar-refractivity contribution in [3.8, 4) is 0 Å². The van der Waals surface area contributed by atoms with Crippen molar-refractivity contribution in [2.75, 3.05) is 6.54 Å². The summed E-state index contributed by atoms with van der Waals surface area (Å²) in [5.41, 5.74) is -0.190. The zero-order valence-electron chi connectivity index (χ0n) is 9.58. The van der Waals surface area contributed by atoms with E-state index in [9.17, 15) is 9.90 Å². The highest BCUT2D eigenvalue weighted by Crippen LogP contribution is 2.30. The van der Waals surface area contributed by atoms with E-state index in [-0.39, 0.29) is 11.5 Å². The third-order valence-corrected chi connectivity index (χ3v) is 2.99. The molecule has 1 aliphatic heterocycles. The van der Waals surface area contributed by atoms with Crippen LogP contribution >= 0.6 is 0 Å². The van der Waals surface area contributed by atoms with E-state index in [0.29, 0.717) is 6.04 Å². The van der Waals surface area contributed by atoms with E-state index in [0.717, 1.165) is 19.4 Å². The number of carbonyl (C=O) groups is 1. The highest BCUT2D eigenvalue weighted by Gasteiger charge is 2.40. The predicted octanol–water partition coefficient (Wildman–Crippen LogP) is 1.97. The molecular weight excluding hydrogens is 178 g/mol. The van der Waals surface area contributed by atoms with Crippen LogP contribution in [0, 0.1) is 5.41 Å². The van der Waals surface area contributed by atoms with Crippen molar-refractivity contribution in [1.29, 1.82) is 0 Å². The number of rotatable bonds is 2. The van der Waals surface area contributed by atoms with E-state index in [1.54, 1.807) is 0 Å². The molecule has 0 spiro atoms. The maximum atomic E-state index is 11.2. The second kappa shape index (κ2) is 3.89. The molecule has 14 heavy (non-hydrogen) atoms. The SMILES string of the molecule is CC1CCCN1C(C(=O)O)C(C)(C)C. The zero-order valence-corrected chi connectivity index (χ0v) is 9.58. The van der Waals surface area contributed by atoms with Gasteiger partial charge in [-0.05, 0) is 31.7 Å². The van der Waals surface area contributed by atoms with Gasteiger partial charge in [-0.1, -0.05) is 20.8 Å². The number of carboxylic acids is 1. The van der Waals surface area contributed by atoms with Crippen LogP contribution in [-0.2, 0) is 4.79 Å². The van der Waals surface area contributed by atoms with Crippen LogP contribution in [0.4, 0.5) is 0 Å². The molecule has 0 aromatic rings. The molecule has 2 unspecified atom stereocenters. The Kier molecular flexibility index (Phi) is 3.20. The molecule has 1 rings (SSSR count). The van der Waals surface area contributed by atoms with Gasteiger partial charge in [0.05, 0.1) is 0 Å². The zero-order chi connectivity index (χ0) is 10.9. The Morgan fingerprint density at radius 1 is 1.50 bits per heavy atom.